The molecule has 1 atom stereocenters. The molecule has 0 aliphatic carbocycles. The Kier molecular flexibility index (Phi) is 2.97. The molecule has 0 aromatic heterocycles. The molecule has 0 spiro atoms. The molecule has 1 aliphatic heterocycles. The molecule has 0 saturated carbocycles. The Bertz CT molecular complexity index is 68.7. The highest BCUT2D eigenvalue weighted by atomic mass is 16.5. The second-order valence-electron chi connectivity index (χ2n) is 2.57. The van der Waals surface area contributed by atoms with Crippen molar-refractivity contribution in [1.29, 1.82) is 0 Å². The first kappa shape index (κ1) is 6.99. The number of nitrogens with one attached hydrogen (secondary N) is 2. The van der Waals surface area contributed by atoms with E-state index in [9.17, 15) is 0 Å². The topological polar surface area (TPSA) is 44.3 Å². The van der Waals surface area contributed by atoms with E-state index in [0.717, 1.165) is 19.6 Å². The average Bonchev–Trinajstić information content (AvgIpc) is 1.91. The smallest absolute Gasteiger partial charge is 0.0247 e. The maximum absolute atomic E-state index is 8.34. The molecular formula is C6H14N2O. The van der Waals surface area contributed by atoms with E-state index in [-0.39, 0.29) is 0 Å². The van der Waals surface area contributed by atoms with Gasteiger partial charge in [-0.1, -0.05) is 0 Å². The van der Waals surface area contributed by atoms with E-state index in [0.29, 0.717) is 5.92 Å². The molecule has 1 aliphatic rings. The maximum Gasteiger partial charge on any atom is 0.0247 e. The predicted octanol–water partition coefficient (Wildman–Crippen LogP) is -0.0352. The van der Waals surface area contributed by atoms with Crippen LogP contribution in [0.2, 0.25) is 0 Å². The Morgan fingerprint density at radius 1 is 1.67 bits per heavy atom. The summed E-state index contributed by atoms with van der Waals surface area (Å²) in [6.45, 7) is 2.92. The molecule has 3 heteroatoms. The molecule has 3 N–H and O–H groups in total. The van der Waals surface area contributed by atoms with Gasteiger partial charge in [0.05, 0.1) is 0 Å². The second kappa shape index (κ2) is 3.82. The molecule has 0 radical (unpaired) electrons. The average molecular weight is 130 g/mol. The summed E-state index contributed by atoms with van der Waals surface area (Å²) in [6, 6.07) is 0. The van der Waals surface area contributed by atoms with Gasteiger partial charge in [-0.15, -0.1) is 0 Å². The van der Waals surface area contributed by atoms with Crippen molar-refractivity contribution in [2.24, 2.45) is 5.92 Å². The van der Waals surface area contributed by atoms with Crippen LogP contribution >= 0.6 is 0 Å². The van der Waals surface area contributed by atoms with Crippen molar-refractivity contribution >= 4 is 0 Å². The monoisotopic (exact) mass is 130 g/mol. The second-order valence-corrected chi connectivity index (χ2v) is 2.57. The van der Waals surface area contributed by atoms with Crippen LogP contribution in [0.3, 0.4) is 0 Å². The minimum Gasteiger partial charge on any atom is -0.317 e. The SMILES string of the molecule is ONCC1CCCNC1. The molecule has 1 saturated heterocycles. The lowest BCUT2D eigenvalue weighted by Crippen LogP contribution is -2.35. The van der Waals surface area contributed by atoms with Gasteiger partial charge in [0.1, 0.15) is 0 Å². The van der Waals surface area contributed by atoms with Crippen molar-refractivity contribution in [3.8, 4) is 0 Å². The summed E-state index contributed by atoms with van der Waals surface area (Å²) in [5.41, 5.74) is 2.20. The van der Waals surface area contributed by atoms with Crippen LogP contribution in [0.5, 0.6) is 0 Å². The summed E-state index contributed by atoms with van der Waals surface area (Å²) in [5.74, 6) is 0.628. The van der Waals surface area contributed by atoms with E-state index >= 15 is 0 Å². The Labute approximate surface area is 55.4 Å². The number of hydroxylamine groups is 1. The summed E-state index contributed by atoms with van der Waals surface area (Å²) in [7, 11) is 0. The Morgan fingerprint density at radius 2 is 2.56 bits per heavy atom. The fourth-order valence-corrected chi connectivity index (χ4v) is 1.23. The number of hydrogen-bond donors (Lipinski definition) is 3. The van der Waals surface area contributed by atoms with Gasteiger partial charge in [0, 0.05) is 6.54 Å². The van der Waals surface area contributed by atoms with Gasteiger partial charge in [-0.2, -0.15) is 0 Å². The minimum atomic E-state index is 0.628. The Hall–Kier alpha value is -0.120. The summed E-state index contributed by atoms with van der Waals surface area (Å²) in [6.07, 6.45) is 2.48. The van der Waals surface area contributed by atoms with Gasteiger partial charge in [0.2, 0.25) is 0 Å². The van der Waals surface area contributed by atoms with Crippen molar-refractivity contribution in [2.45, 2.75) is 12.8 Å². The Balaban J connectivity index is 2.08. The molecule has 9 heavy (non-hydrogen) atoms. The van der Waals surface area contributed by atoms with Crippen LogP contribution in [0, 0.1) is 5.92 Å². The predicted molar refractivity (Wildman–Crippen MR) is 35.4 cm³/mol. The fourth-order valence-electron chi connectivity index (χ4n) is 1.23. The third-order valence-electron chi connectivity index (χ3n) is 1.78. The van der Waals surface area contributed by atoms with Crippen molar-refractivity contribution in [1.82, 2.24) is 10.8 Å². The lowest BCUT2D eigenvalue weighted by Gasteiger charge is -2.21. The summed E-state index contributed by atoms with van der Waals surface area (Å²) < 4.78 is 0. The number of piperidine rings is 1. The molecule has 1 rings (SSSR count). The Morgan fingerprint density at radius 3 is 3.11 bits per heavy atom. The highest BCUT2D eigenvalue weighted by molar-refractivity contribution is 4.68. The molecule has 0 bridgehead atoms. The van der Waals surface area contributed by atoms with Crippen molar-refractivity contribution in [2.75, 3.05) is 19.6 Å². The lowest BCUT2D eigenvalue weighted by molar-refractivity contribution is 0.141. The third kappa shape index (κ3) is 2.30. The zero-order valence-electron chi connectivity index (χ0n) is 5.56. The van der Waals surface area contributed by atoms with Gasteiger partial charge < -0.3 is 10.5 Å². The van der Waals surface area contributed by atoms with Gasteiger partial charge in [-0.05, 0) is 31.8 Å². The first-order valence-corrected chi connectivity index (χ1v) is 3.51. The fraction of sp³-hybridized carbons (Fsp3) is 1.00. The lowest BCUT2D eigenvalue weighted by atomic mass is 10.0. The zero-order chi connectivity index (χ0) is 6.53. The number of hydrogen-bond acceptors (Lipinski definition) is 3. The summed E-state index contributed by atoms with van der Waals surface area (Å²) in [5, 5.41) is 11.6. The minimum absolute atomic E-state index is 0.628. The van der Waals surface area contributed by atoms with Crippen LogP contribution in [0.4, 0.5) is 0 Å². The van der Waals surface area contributed by atoms with Crippen LogP contribution in [-0.4, -0.2) is 24.8 Å². The standard InChI is InChI=1S/C6H14N2O/c9-8-5-6-2-1-3-7-4-6/h6-9H,1-5H2. The highest BCUT2D eigenvalue weighted by Crippen LogP contribution is 2.07. The van der Waals surface area contributed by atoms with Gasteiger partial charge in [0.25, 0.3) is 0 Å². The van der Waals surface area contributed by atoms with Crippen molar-refractivity contribution in [3.05, 3.63) is 0 Å². The number of rotatable bonds is 2. The van der Waals surface area contributed by atoms with E-state index in [1.54, 1.807) is 0 Å². The quantitative estimate of drug-likeness (QED) is 0.460. The molecule has 0 aromatic rings. The first-order valence-electron chi connectivity index (χ1n) is 3.51. The van der Waals surface area contributed by atoms with Gasteiger partial charge in [-0.3, -0.25) is 0 Å². The van der Waals surface area contributed by atoms with Crippen LogP contribution < -0.4 is 10.8 Å². The van der Waals surface area contributed by atoms with Crippen LogP contribution in [0.1, 0.15) is 12.8 Å². The van der Waals surface area contributed by atoms with E-state index < -0.39 is 0 Å². The van der Waals surface area contributed by atoms with E-state index in [4.69, 9.17) is 5.21 Å². The third-order valence-corrected chi connectivity index (χ3v) is 1.78. The van der Waals surface area contributed by atoms with Crippen LogP contribution in [-0.2, 0) is 0 Å². The molecule has 1 heterocycles. The van der Waals surface area contributed by atoms with Crippen molar-refractivity contribution in [3.63, 3.8) is 0 Å². The summed E-state index contributed by atoms with van der Waals surface area (Å²) in [4.78, 5) is 0. The molecule has 3 nitrogen and oxygen atoms in total. The molecule has 1 unspecified atom stereocenters. The largest absolute Gasteiger partial charge is 0.317 e. The van der Waals surface area contributed by atoms with E-state index in [1.165, 1.54) is 12.8 Å². The highest BCUT2D eigenvalue weighted by Gasteiger charge is 2.10. The van der Waals surface area contributed by atoms with Gasteiger partial charge >= 0.3 is 0 Å². The zero-order valence-corrected chi connectivity index (χ0v) is 5.56. The van der Waals surface area contributed by atoms with Crippen molar-refractivity contribution < 1.29 is 5.21 Å². The molecular weight excluding hydrogens is 116 g/mol. The molecule has 54 valence electrons. The molecule has 0 aromatic carbocycles. The van der Waals surface area contributed by atoms with E-state index in [1.807, 2.05) is 0 Å². The maximum atomic E-state index is 8.34. The van der Waals surface area contributed by atoms with Crippen LogP contribution in [0.15, 0.2) is 0 Å². The van der Waals surface area contributed by atoms with Gasteiger partial charge in [0.15, 0.2) is 0 Å². The molecule has 0 amide bonds. The van der Waals surface area contributed by atoms with Crippen LogP contribution in [0.25, 0.3) is 0 Å². The van der Waals surface area contributed by atoms with Gasteiger partial charge in [-0.25, -0.2) is 5.48 Å². The molecule has 1 fully saturated rings. The first-order chi connectivity index (χ1) is 4.43. The normalized spacial score (nSPS) is 28.3. The summed E-state index contributed by atoms with van der Waals surface area (Å²) >= 11 is 0. The van der Waals surface area contributed by atoms with E-state index in [2.05, 4.69) is 10.8 Å².